The fourth-order valence-electron chi connectivity index (χ4n) is 2.59. The molecule has 0 bridgehead atoms. The van der Waals surface area contributed by atoms with Gasteiger partial charge in [-0.1, -0.05) is 19.4 Å². The topological polar surface area (TPSA) is 27.7 Å². The van der Waals surface area contributed by atoms with Crippen LogP contribution in [-0.4, -0.2) is 31.8 Å². The van der Waals surface area contributed by atoms with Gasteiger partial charge in [0.1, 0.15) is 0 Å². The van der Waals surface area contributed by atoms with Gasteiger partial charge in [-0.3, -0.25) is 0 Å². The predicted molar refractivity (Wildman–Crippen MR) is 80.3 cm³/mol. The second kappa shape index (κ2) is 7.88. The summed E-state index contributed by atoms with van der Waals surface area (Å²) in [6.45, 7) is 4.33. The summed E-state index contributed by atoms with van der Waals surface area (Å²) < 4.78 is 44.0. The molecule has 1 aromatic carbocycles. The van der Waals surface area contributed by atoms with Crippen molar-refractivity contribution in [2.24, 2.45) is 0 Å². The highest BCUT2D eigenvalue weighted by atomic mass is 19.1. The number of benzene rings is 1. The van der Waals surface area contributed by atoms with Gasteiger partial charge in [-0.05, 0) is 37.5 Å². The van der Waals surface area contributed by atoms with E-state index < -0.39 is 12.0 Å². The highest BCUT2D eigenvalue weighted by Crippen LogP contribution is 2.27. The van der Waals surface area contributed by atoms with Crippen LogP contribution in [0, 0.1) is 5.82 Å². The molecule has 1 aliphatic heterocycles. The van der Waals surface area contributed by atoms with E-state index in [1.807, 2.05) is 19.9 Å². The second-order valence-corrected chi connectivity index (χ2v) is 5.69. The summed E-state index contributed by atoms with van der Waals surface area (Å²) in [4.78, 5) is 0. The van der Waals surface area contributed by atoms with Crippen LogP contribution in [-0.2, 0) is 15.9 Å². The number of hydrogen-bond donors (Lipinski definition) is 0. The van der Waals surface area contributed by atoms with E-state index in [9.17, 15) is 8.78 Å². The van der Waals surface area contributed by atoms with Crippen molar-refractivity contribution in [1.82, 2.24) is 0 Å². The van der Waals surface area contributed by atoms with Gasteiger partial charge in [-0.25, -0.2) is 8.78 Å². The van der Waals surface area contributed by atoms with E-state index >= 15 is 0 Å². The zero-order chi connectivity index (χ0) is 16.0. The Labute approximate surface area is 130 Å². The molecule has 5 heteroatoms. The van der Waals surface area contributed by atoms with E-state index in [-0.39, 0.29) is 24.8 Å². The van der Waals surface area contributed by atoms with E-state index in [1.54, 1.807) is 6.07 Å². The first-order chi connectivity index (χ1) is 10.6. The minimum Gasteiger partial charge on any atom is -0.491 e. The summed E-state index contributed by atoms with van der Waals surface area (Å²) in [7, 11) is 0. The molecule has 0 atom stereocenters. The van der Waals surface area contributed by atoms with Gasteiger partial charge >= 0.3 is 0 Å². The lowest BCUT2D eigenvalue weighted by Gasteiger charge is -2.34. The zero-order valence-electron chi connectivity index (χ0n) is 13.2. The summed E-state index contributed by atoms with van der Waals surface area (Å²) in [5.41, 5.74) is -0.518. The van der Waals surface area contributed by atoms with Gasteiger partial charge in [0, 0.05) is 6.42 Å². The normalized spacial score (nSPS) is 25.2. The number of ether oxygens (including phenoxy) is 3. The summed E-state index contributed by atoms with van der Waals surface area (Å²) in [6, 6.07) is 4.92. The molecule has 1 fully saturated rings. The molecule has 2 rings (SSSR count). The Morgan fingerprint density at radius 3 is 2.59 bits per heavy atom. The molecule has 0 amide bonds. The first-order valence-corrected chi connectivity index (χ1v) is 7.89. The third-order valence-electron chi connectivity index (χ3n) is 3.72. The molecule has 1 aliphatic rings. The van der Waals surface area contributed by atoms with Crippen molar-refractivity contribution >= 4 is 0 Å². The maximum atomic E-state index is 14.2. The molecule has 124 valence electrons. The number of hydrogen-bond acceptors (Lipinski definition) is 3. The van der Waals surface area contributed by atoms with Gasteiger partial charge < -0.3 is 14.2 Å². The molecule has 0 aliphatic carbocycles. The van der Waals surface area contributed by atoms with Crippen molar-refractivity contribution in [2.75, 3.05) is 19.8 Å². The van der Waals surface area contributed by atoms with Crippen molar-refractivity contribution in [3.63, 3.8) is 0 Å². The van der Waals surface area contributed by atoms with E-state index in [1.165, 1.54) is 6.07 Å². The molecular weight excluding hydrogens is 290 g/mol. The number of alkyl halides is 1. The lowest BCUT2D eigenvalue weighted by molar-refractivity contribution is -0.236. The van der Waals surface area contributed by atoms with Crippen LogP contribution in [0.3, 0.4) is 0 Å². The highest BCUT2D eigenvalue weighted by molar-refractivity contribution is 5.29. The van der Waals surface area contributed by atoms with Gasteiger partial charge in [0.2, 0.25) is 0 Å². The number of rotatable bonds is 7. The molecule has 0 spiro atoms. The molecule has 0 aromatic heterocycles. The first kappa shape index (κ1) is 17.2. The van der Waals surface area contributed by atoms with Crippen molar-refractivity contribution in [2.45, 2.75) is 51.5 Å². The van der Waals surface area contributed by atoms with Crippen LogP contribution in [0.1, 0.15) is 38.7 Å². The standard InChI is InChI=1S/C17H24F2O3/c1-3-9-17(19)11-21-16(22-12-17)8-6-13-5-7-15(20-4-2)14(18)10-13/h5,7,10,16H,3-4,6,8-9,11-12H2,1-2H3. The van der Waals surface area contributed by atoms with Crippen LogP contribution in [0.5, 0.6) is 5.75 Å². The third-order valence-corrected chi connectivity index (χ3v) is 3.72. The van der Waals surface area contributed by atoms with Crippen LogP contribution >= 0.6 is 0 Å². The average Bonchev–Trinajstić information content (AvgIpc) is 2.49. The van der Waals surface area contributed by atoms with E-state index in [0.29, 0.717) is 25.9 Å². The lowest BCUT2D eigenvalue weighted by atomic mass is 10.0. The molecule has 22 heavy (non-hydrogen) atoms. The second-order valence-electron chi connectivity index (χ2n) is 5.69. The largest absolute Gasteiger partial charge is 0.491 e. The monoisotopic (exact) mass is 314 g/mol. The van der Waals surface area contributed by atoms with Crippen molar-refractivity contribution in [3.8, 4) is 5.75 Å². The zero-order valence-corrected chi connectivity index (χ0v) is 13.2. The first-order valence-electron chi connectivity index (χ1n) is 7.89. The molecule has 1 heterocycles. The predicted octanol–water partition coefficient (Wildman–Crippen LogP) is 4.04. The lowest BCUT2D eigenvalue weighted by Crippen LogP contribution is -2.44. The van der Waals surface area contributed by atoms with E-state index in [2.05, 4.69) is 0 Å². The molecule has 3 nitrogen and oxygen atoms in total. The van der Waals surface area contributed by atoms with Gasteiger partial charge in [0.25, 0.3) is 0 Å². The quantitative estimate of drug-likeness (QED) is 0.760. The smallest absolute Gasteiger partial charge is 0.165 e. The van der Waals surface area contributed by atoms with Crippen LogP contribution in [0.25, 0.3) is 0 Å². The summed E-state index contributed by atoms with van der Waals surface area (Å²) in [6.07, 6.45) is 1.98. The SMILES string of the molecule is CCCC1(F)COC(CCc2ccc(OCC)c(F)c2)OC1. The third kappa shape index (κ3) is 4.65. The number of halogens is 2. The Balaban J connectivity index is 1.80. The van der Waals surface area contributed by atoms with Crippen molar-refractivity contribution < 1.29 is 23.0 Å². The summed E-state index contributed by atoms with van der Waals surface area (Å²) in [5.74, 6) is -0.103. The van der Waals surface area contributed by atoms with Crippen molar-refractivity contribution in [1.29, 1.82) is 0 Å². The Kier molecular flexibility index (Phi) is 6.15. The van der Waals surface area contributed by atoms with Crippen molar-refractivity contribution in [3.05, 3.63) is 29.6 Å². The van der Waals surface area contributed by atoms with Gasteiger partial charge in [-0.2, -0.15) is 0 Å². The van der Waals surface area contributed by atoms with E-state index in [4.69, 9.17) is 14.2 Å². The molecule has 0 N–H and O–H groups in total. The number of aryl methyl sites for hydroxylation is 1. The van der Waals surface area contributed by atoms with Crippen LogP contribution in [0.2, 0.25) is 0 Å². The molecule has 1 aromatic rings. The van der Waals surface area contributed by atoms with Crippen LogP contribution in [0.15, 0.2) is 18.2 Å². The maximum absolute atomic E-state index is 14.2. The summed E-state index contributed by atoms with van der Waals surface area (Å²) in [5, 5.41) is 0. The van der Waals surface area contributed by atoms with Crippen LogP contribution < -0.4 is 4.74 Å². The van der Waals surface area contributed by atoms with E-state index in [0.717, 1.165) is 12.0 Å². The fourth-order valence-corrected chi connectivity index (χ4v) is 2.59. The average molecular weight is 314 g/mol. The minimum absolute atomic E-state index is 0.0726. The molecule has 0 unspecified atom stereocenters. The highest BCUT2D eigenvalue weighted by Gasteiger charge is 2.35. The Morgan fingerprint density at radius 2 is 2.00 bits per heavy atom. The molecule has 0 radical (unpaired) electrons. The molecule has 1 saturated heterocycles. The van der Waals surface area contributed by atoms with Gasteiger partial charge in [0.05, 0.1) is 19.8 Å². The Morgan fingerprint density at radius 1 is 1.27 bits per heavy atom. The Hall–Kier alpha value is -1.20. The summed E-state index contributed by atoms with van der Waals surface area (Å²) >= 11 is 0. The van der Waals surface area contributed by atoms with Gasteiger partial charge in [0.15, 0.2) is 23.5 Å². The molecule has 0 saturated carbocycles. The van der Waals surface area contributed by atoms with Gasteiger partial charge in [-0.15, -0.1) is 0 Å². The molecular formula is C17H24F2O3. The van der Waals surface area contributed by atoms with Crippen LogP contribution in [0.4, 0.5) is 8.78 Å². The Bertz CT molecular complexity index is 471. The maximum Gasteiger partial charge on any atom is 0.165 e. The fraction of sp³-hybridized carbons (Fsp3) is 0.647. The minimum atomic E-state index is -1.36.